The number of imidazole rings is 1. The molecule has 1 heterocycles. The van der Waals surface area contributed by atoms with Crippen LogP contribution in [0.2, 0.25) is 5.02 Å². The van der Waals surface area contributed by atoms with Gasteiger partial charge in [-0.25, -0.2) is 4.98 Å². The second kappa shape index (κ2) is 7.20. The molecule has 0 N–H and O–H groups in total. The fourth-order valence-electron chi connectivity index (χ4n) is 2.60. The third-order valence-corrected chi connectivity index (χ3v) is 4.03. The molecule has 0 aliphatic carbocycles. The van der Waals surface area contributed by atoms with Crippen molar-refractivity contribution < 1.29 is 4.74 Å². The minimum Gasteiger partial charge on any atom is -0.495 e. The zero-order valence-electron chi connectivity index (χ0n) is 13.2. The number of hydrogen-bond acceptors (Lipinski definition) is 3. The molecule has 120 valence electrons. The van der Waals surface area contributed by atoms with E-state index < -0.39 is 0 Å². The maximum Gasteiger partial charge on any atom is 0.136 e. The van der Waals surface area contributed by atoms with Crippen molar-refractivity contribution in [3.05, 3.63) is 82.4 Å². The van der Waals surface area contributed by atoms with E-state index in [0.717, 1.165) is 22.0 Å². The number of nitrogens with zero attached hydrogens (tertiary/aromatic N) is 3. The maximum absolute atomic E-state index is 9.07. The number of aromatic nitrogens is 2. The Morgan fingerprint density at radius 3 is 2.83 bits per heavy atom. The third-order valence-electron chi connectivity index (χ3n) is 3.79. The lowest BCUT2D eigenvalue weighted by atomic mass is 10.1. The predicted octanol–water partition coefficient (Wildman–Crippen LogP) is 4.06. The molecule has 3 rings (SSSR count). The first-order chi connectivity index (χ1) is 11.7. The van der Waals surface area contributed by atoms with Crippen LogP contribution < -0.4 is 4.74 Å². The zero-order valence-corrected chi connectivity index (χ0v) is 14.0. The summed E-state index contributed by atoms with van der Waals surface area (Å²) in [6.07, 6.45) is 4.45. The highest BCUT2D eigenvalue weighted by atomic mass is 35.5. The van der Waals surface area contributed by atoms with Gasteiger partial charge in [-0.05, 0) is 35.4 Å². The van der Waals surface area contributed by atoms with Crippen LogP contribution >= 0.6 is 11.6 Å². The number of hydrogen-bond donors (Lipinski definition) is 0. The molecule has 0 bridgehead atoms. The molecule has 0 atom stereocenters. The van der Waals surface area contributed by atoms with Gasteiger partial charge < -0.3 is 9.30 Å². The van der Waals surface area contributed by atoms with Gasteiger partial charge in [0, 0.05) is 30.4 Å². The summed E-state index contributed by atoms with van der Waals surface area (Å²) in [5.74, 6) is 1.55. The molecule has 0 saturated carbocycles. The summed E-state index contributed by atoms with van der Waals surface area (Å²) in [7, 11) is 1.57. The number of rotatable bonds is 5. The Hall–Kier alpha value is -2.77. The molecule has 0 radical (unpaired) electrons. The van der Waals surface area contributed by atoms with Crippen molar-refractivity contribution in [3.63, 3.8) is 0 Å². The molecule has 0 amide bonds. The fraction of sp³-hybridized carbons (Fsp3) is 0.158. The average Bonchev–Trinajstić information content (AvgIpc) is 3.01. The van der Waals surface area contributed by atoms with Crippen molar-refractivity contribution >= 4 is 11.6 Å². The van der Waals surface area contributed by atoms with Crippen LogP contribution in [0, 0.1) is 11.3 Å². The molecule has 1 aromatic heterocycles. The minimum absolute atomic E-state index is 0.533. The van der Waals surface area contributed by atoms with Crippen LogP contribution in [0.15, 0.2) is 54.9 Å². The summed E-state index contributed by atoms with van der Waals surface area (Å²) in [6, 6.07) is 15.5. The molecular formula is C19H16ClN3O. The van der Waals surface area contributed by atoms with Crippen molar-refractivity contribution in [2.24, 2.45) is 0 Å². The number of halogens is 1. The number of ether oxygens (including phenoxy) is 1. The van der Waals surface area contributed by atoms with Gasteiger partial charge in [0.25, 0.3) is 0 Å². The Balaban J connectivity index is 1.82. The molecule has 24 heavy (non-hydrogen) atoms. The van der Waals surface area contributed by atoms with Gasteiger partial charge in [0.2, 0.25) is 0 Å². The monoisotopic (exact) mass is 337 g/mol. The summed E-state index contributed by atoms with van der Waals surface area (Å²) in [6.45, 7) is 0.665. The van der Waals surface area contributed by atoms with Gasteiger partial charge in [-0.1, -0.05) is 29.8 Å². The normalized spacial score (nSPS) is 10.4. The summed E-state index contributed by atoms with van der Waals surface area (Å²) >= 11 is 6.05. The van der Waals surface area contributed by atoms with Gasteiger partial charge in [-0.15, -0.1) is 0 Å². The molecule has 0 aliphatic rings. The summed E-state index contributed by atoms with van der Waals surface area (Å²) < 4.78 is 7.36. The fourth-order valence-corrected chi connectivity index (χ4v) is 2.82. The zero-order chi connectivity index (χ0) is 16.9. The topological polar surface area (TPSA) is 50.8 Å². The Morgan fingerprint density at radius 1 is 1.21 bits per heavy atom. The van der Waals surface area contributed by atoms with Crippen LogP contribution in [-0.4, -0.2) is 16.7 Å². The summed E-state index contributed by atoms with van der Waals surface area (Å²) in [4.78, 5) is 4.45. The lowest BCUT2D eigenvalue weighted by Crippen LogP contribution is -2.05. The number of benzene rings is 2. The van der Waals surface area contributed by atoms with E-state index in [4.69, 9.17) is 21.6 Å². The Bertz CT molecular complexity index is 896. The van der Waals surface area contributed by atoms with Gasteiger partial charge in [-0.3, -0.25) is 0 Å². The molecule has 3 aromatic rings. The SMILES string of the molecule is COc1cc(Cn2ccnc2Cc2cccc(Cl)c2)ccc1C#N. The first kappa shape index (κ1) is 16.1. The molecule has 5 heteroatoms. The Morgan fingerprint density at radius 2 is 2.08 bits per heavy atom. The van der Waals surface area contributed by atoms with Gasteiger partial charge in [0.15, 0.2) is 0 Å². The van der Waals surface area contributed by atoms with E-state index in [-0.39, 0.29) is 0 Å². The van der Waals surface area contributed by atoms with E-state index in [1.54, 1.807) is 19.4 Å². The lowest BCUT2D eigenvalue weighted by Gasteiger charge is -2.10. The van der Waals surface area contributed by atoms with Gasteiger partial charge in [0.05, 0.1) is 12.7 Å². The van der Waals surface area contributed by atoms with E-state index in [1.807, 2.05) is 42.6 Å². The molecule has 0 unspecified atom stereocenters. The maximum atomic E-state index is 9.07. The van der Waals surface area contributed by atoms with Crippen LogP contribution in [-0.2, 0) is 13.0 Å². The molecule has 0 spiro atoms. The van der Waals surface area contributed by atoms with Gasteiger partial charge >= 0.3 is 0 Å². The molecular weight excluding hydrogens is 322 g/mol. The molecule has 0 saturated heterocycles. The number of nitriles is 1. The highest BCUT2D eigenvalue weighted by molar-refractivity contribution is 6.30. The number of methoxy groups -OCH3 is 1. The Labute approximate surface area is 145 Å². The molecule has 0 fully saturated rings. The predicted molar refractivity (Wildman–Crippen MR) is 93.3 cm³/mol. The molecule has 2 aromatic carbocycles. The first-order valence-electron chi connectivity index (χ1n) is 7.51. The largest absolute Gasteiger partial charge is 0.495 e. The third kappa shape index (κ3) is 3.58. The van der Waals surface area contributed by atoms with Gasteiger partial charge in [0.1, 0.15) is 17.6 Å². The minimum atomic E-state index is 0.533. The van der Waals surface area contributed by atoms with E-state index in [0.29, 0.717) is 24.3 Å². The van der Waals surface area contributed by atoms with Crippen molar-refractivity contribution in [1.82, 2.24) is 9.55 Å². The Kier molecular flexibility index (Phi) is 4.83. The van der Waals surface area contributed by atoms with Gasteiger partial charge in [-0.2, -0.15) is 5.26 Å². The standard InChI is InChI=1S/C19H16ClN3O/c1-24-18-10-15(5-6-16(18)12-21)13-23-8-7-22-19(23)11-14-3-2-4-17(20)9-14/h2-10H,11,13H2,1H3. The second-order valence-electron chi connectivity index (χ2n) is 5.42. The van der Waals surface area contributed by atoms with E-state index >= 15 is 0 Å². The quantitative estimate of drug-likeness (QED) is 0.705. The van der Waals surface area contributed by atoms with Crippen LogP contribution in [0.3, 0.4) is 0 Å². The van der Waals surface area contributed by atoms with Crippen molar-refractivity contribution in [2.45, 2.75) is 13.0 Å². The second-order valence-corrected chi connectivity index (χ2v) is 5.86. The van der Waals surface area contributed by atoms with E-state index in [2.05, 4.69) is 15.6 Å². The summed E-state index contributed by atoms with van der Waals surface area (Å²) in [5.41, 5.74) is 2.70. The smallest absolute Gasteiger partial charge is 0.136 e. The van der Waals surface area contributed by atoms with Crippen LogP contribution in [0.1, 0.15) is 22.5 Å². The van der Waals surface area contributed by atoms with Crippen LogP contribution in [0.4, 0.5) is 0 Å². The summed E-state index contributed by atoms with van der Waals surface area (Å²) in [5, 5.41) is 9.80. The van der Waals surface area contributed by atoms with Crippen LogP contribution in [0.5, 0.6) is 5.75 Å². The van der Waals surface area contributed by atoms with Crippen molar-refractivity contribution in [3.8, 4) is 11.8 Å². The van der Waals surface area contributed by atoms with E-state index in [9.17, 15) is 0 Å². The first-order valence-corrected chi connectivity index (χ1v) is 7.89. The van der Waals surface area contributed by atoms with Crippen LogP contribution in [0.25, 0.3) is 0 Å². The highest BCUT2D eigenvalue weighted by Crippen LogP contribution is 2.21. The molecule has 0 aliphatic heterocycles. The van der Waals surface area contributed by atoms with E-state index in [1.165, 1.54) is 0 Å². The van der Waals surface area contributed by atoms with Crippen molar-refractivity contribution in [2.75, 3.05) is 7.11 Å². The molecule has 4 nitrogen and oxygen atoms in total. The van der Waals surface area contributed by atoms with Crippen molar-refractivity contribution in [1.29, 1.82) is 5.26 Å². The average molecular weight is 338 g/mol. The lowest BCUT2D eigenvalue weighted by molar-refractivity contribution is 0.413. The highest BCUT2D eigenvalue weighted by Gasteiger charge is 2.08.